The van der Waals surface area contributed by atoms with E-state index < -0.39 is 5.97 Å². The van der Waals surface area contributed by atoms with Crippen molar-refractivity contribution >= 4 is 39.3 Å². The molecule has 0 aliphatic rings. The number of thiazole rings is 1. The van der Waals surface area contributed by atoms with Gasteiger partial charge in [0.2, 0.25) is 0 Å². The molecule has 1 aromatic heterocycles. The molecule has 0 saturated heterocycles. The minimum atomic E-state index is -0.872. The maximum absolute atomic E-state index is 10.4. The Morgan fingerprint density at radius 2 is 2.33 bits per heavy atom. The fourth-order valence-corrected chi connectivity index (χ4v) is 2.88. The van der Waals surface area contributed by atoms with Gasteiger partial charge in [0.05, 0.1) is 16.0 Å². The van der Waals surface area contributed by atoms with Crippen LogP contribution in [0.2, 0.25) is 0 Å². The number of phenols is 1. The zero-order chi connectivity index (χ0) is 10.8. The van der Waals surface area contributed by atoms with Crippen molar-refractivity contribution in [3.63, 3.8) is 0 Å². The molecule has 0 aliphatic heterocycles. The van der Waals surface area contributed by atoms with E-state index >= 15 is 0 Å². The number of fused-ring (bicyclic) bond motifs is 1. The number of aliphatic carboxylic acids is 1. The number of carboxylic acid groups (broad SMARTS) is 1. The van der Waals surface area contributed by atoms with E-state index in [4.69, 9.17) is 5.11 Å². The number of hydrogen-bond donors (Lipinski definition) is 2. The van der Waals surface area contributed by atoms with Gasteiger partial charge < -0.3 is 10.2 Å². The Balaban J connectivity index is 2.31. The van der Waals surface area contributed by atoms with Crippen molar-refractivity contribution in [2.24, 2.45) is 0 Å². The summed E-state index contributed by atoms with van der Waals surface area (Å²) in [7, 11) is 0. The van der Waals surface area contributed by atoms with Crippen LogP contribution in [0, 0.1) is 0 Å². The molecule has 0 unspecified atom stereocenters. The predicted molar refractivity (Wildman–Crippen MR) is 59.6 cm³/mol. The molecule has 15 heavy (non-hydrogen) atoms. The second kappa shape index (κ2) is 4.08. The molecule has 0 amide bonds. The van der Waals surface area contributed by atoms with Crippen LogP contribution in [0.3, 0.4) is 0 Å². The highest BCUT2D eigenvalue weighted by Crippen LogP contribution is 2.34. The normalized spacial score (nSPS) is 10.7. The summed E-state index contributed by atoms with van der Waals surface area (Å²) in [6.45, 7) is 0. The Hall–Kier alpha value is -1.27. The molecule has 2 N–H and O–H groups in total. The first-order valence-electron chi connectivity index (χ1n) is 4.10. The van der Waals surface area contributed by atoms with E-state index in [0.29, 0.717) is 14.6 Å². The second-order valence-corrected chi connectivity index (χ2v) is 5.01. The van der Waals surface area contributed by atoms with Gasteiger partial charge in [0.25, 0.3) is 0 Å². The molecular weight excluding hydrogens is 234 g/mol. The number of phenolic OH excluding ortho intramolecular Hbond substituents is 1. The molecule has 0 fully saturated rings. The molecule has 78 valence electrons. The molecule has 2 aromatic rings. The lowest BCUT2D eigenvalue weighted by Gasteiger charge is -1.89. The number of aromatic hydroxyl groups is 1. The topological polar surface area (TPSA) is 70.4 Å². The number of thioether (sulfide) groups is 1. The summed E-state index contributed by atoms with van der Waals surface area (Å²) in [5.41, 5.74) is 0.702. The third-order valence-electron chi connectivity index (χ3n) is 1.69. The lowest BCUT2D eigenvalue weighted by Crippen LogP contribution is -1.96. The molecule has 6 heteroatoms. The van der Waals surface area contributed by atoms with Crippen LogP contribution in [0.5, 0.6) is 5.75 Å². The summed E-state index contributed by atoms with van der Waals surface area (Å²) in [4.78, 5) is 14.6. The summed E-state index contributed by atoms with van der Waals surface area (Å²) in [6.07, 6.45) is 0. The van der Waals surface area contributed by atoms with Gasteiger partial charge in [-0.15, -0.1) is 11.3 Å². The van der Waals surface area contributed by atoms with E-state index in [9.17, 15) is 9.90 Å². The fourth-order valence-electron chi connectivity index (χ4n) is 1.10. The van der Waals surface area contributed by atoms with Gasteiger partial charge in [0, 0.05) is 0 Å². The summed E-state index contributed by atoms with van der Waals surface area (Å²) in [6, 6.07) is 5.09. The maximum Gasteiger partial charge on any atom is 0.313 e. The number of carboxylic acids is 1. The first kappa shape index (κ1) is 10.3. The SMILES string of the molecule is O=C(O)CSc1nc2cccc(O)c2s1. The third-order valence-corrected chi connectivity index (χ3v) is 3.92. The molecule has 2 rings (SSSR count). The number of aromatic nitrogens is 1. The highest BCUT2D eigenvalue weighted by Gasteiger charge is 2.08. The first-order chi connectivity index (χ1) is 7.16. The van der Waals surface area contributed by atoms with Gasteiger partial charge in [0.1, 0.15) is 5.75 Å². The van der Waals surface area contributed by atoms with Crippen LogP contribution < -0.4 is 0 Å². The standard InChI is InChI=1S/C9H7NO3S2/c11-6-3-1-2-5-8(6)15-9(10-5)14-4-7(12)13/h1-3,11H,4H2,(H,12,13). The average Bonchev–Trinajstić information content (AvgIpc) is 2.59. The van der Waals surface area contributed by atoms with Gasteiger partial charge >= 0.3 is 5.97 Å². The van der Waals surface area contributed by atoms with Crippen LogP contribution in [0.15, 0.2) is 22.5 Å². The number of hydrogen-bond acceptors (Lipinski definition) is 5. The van der Waals surface area contributed by atoms with E-state index in [1.54, 1.807) is 18.2 Å². The van der Waals surface area contributed by atoms with Crippen LogP contribution in [0.4, 0.5) is 0 Å². The molecule has 0 bridgehead atoms. The highest BCUT2D eigenvalue weighted by molar-refractivity contribution is 8.01. The minimum absolute atomic E-state index is 0.0133. The number of rotatable bonds is 3. The van der Waals surface area contributed by atoms with E-state index in [2.05, 4.69) is 4.98 Å². The Morgan fingerprint density at radius 1 is 1.53 bits per heavy atom. The average molecular weight is 241 g/mol. The zero-order valence-corrected chi connectivity index (χ0v) is 9.14. The quantitative estimate of drug-likeness (QED) is 0.806. The lowest BCUT2D eigenvalue weighted by molar-refractivity contribution is -0.133. The van der Waals surface area contributed by atoms with Crippen LogP contribution in [0.25, 0.3) is 10.2 Å². The fraction of sp³-hybridized carbons (Fsp3) is 0.111. The predicted octanol–water partition coefficient (Wildman–Crippen LogP) is 2.18. The Bertz CT molecular complexity index is 509. The molecule has 0 spiro atoms. The van der Waals surface area contributed by atoms with Crippen molar-refractivity contribution in [2.45, 2.75) is 4.34 Å². The van der Waals surface area contributed by atoms with Crippen LogP contribution in [-0.2, 0) is 4.79 Å². The van der Waals surface area contributed by atoms with Crippen LogP contribution in [0.1, 0.15) is 0 Å². The van der Waals surface area contributed by atoms with Crippen LogP contribution >= 0.6 is 23.1 Å². The van der Waals surface area contributed by atoms with Gasteiger partial charge in [-0.05, 0) is 12.1 Å². The maximum atomic E-state index is 10.4. The largest absolute Gasteiger partial charge is 0.506 e. The van der Waals surface area contributed by atoms with Gasteiger partial charge in [-0.25, -0.2) is 4.98 Å². The van der Waals surface area contributed by atoms with Gasteiger partial charge in [-0.2, -0.15) is 0 Å². The highest BCUT2D eigenvalue weighted by atomic mass is 32.2. The molecule has 1 aromatic carbocycles. The van der Waals surface area contributed by atoms with Crippen molar-refractivity contribution in [1.82, 2.24) is 4.98 Å². The van der Waals surface area contributed by atoms with Crippen molar-refractivity contribution in [1.29, 1.82) is 0 Å². The molecule has 0 radical (unpaired) electrons. The zero-order valence-electron chi connectivity index (χ0n) is 7.51. The van der Waals surface area contributed by atoms with Gasteiger partial charge in [0.15, 0.2) is 4.34 Å². The minimum Gasteiger partial charge on any atom is -0.506 e. The Kier molecular flexibility index (Phi) is 2.79. The Labute approximate surface area is 93.6 Å². The molecule has 4 nitrogen and oxygen atoms in total. The summed E-state index contributed by atoms with van der Waals surface area (Å²) in [5, 5.41) is 18.0. The summed E-state index contributed by atoms with van der Waals surface area (Å²) >= 11 is 2.46. The number of carbonyl (C=O) groups is 1. The van der Waals surface area contributed by atoms with Crippen molar-refractivity contribution in [2.75, 3.05) is 5.75 Å². The van der Waals surface area contributed by atoms with Crippen LogP contribution in [-0.4, -0.2) is 26.9 Å². The lowest BCUT2D eigenvalue weighted by atomic mass is 10.3. The van der Waals surface area contributed by atoms with Gasteiger partial charge in [-0.1, -0.05) is 17.8 Å². The number of nitrogens with zero attached hydrogens (tertiary/aromatic N) is 1. The van der Waals surface area contributed by atoms with E-state index in [1.807, 2.05) is 0 Å². The molecular formula is C9H7NO3S2. The number of benzene rings is 1. The second-order valence-electron chi connectivity index (χ2n) is 2.79. The monoisotopic (exact) mass is 241 g/mol. The van der Waals surface area contributed by atoms with Gasteiger partial charge in [-0.3, -0.25) is 4.79 Å². The Morgan fingerprint density at radius 3 is 3.00 bits per heavy atom. The van der Waals surface area contributed by atoms with Crippen molar-refractivity contribution < 1.29 is 15.0 Å². The summed E-state index contributed by atoms with van der Waals surface area (Å²) in [5.74, 6) is -0.698. The van der Waals surface area contributed by atoms with E-state index in [-0.39, 0.29) is 11.5 Å². The van der Waals surface area contributed by atoms with E-state index in [0.717, 1.165) is 11.8 Å². The first-order valence-corrected chi connectivity index (χ1v) is 5.90. The van der Waals surface area contributed by atoms with Crippen molar-refractivity contribution in [3.05, 3.63) is 18.2 Å². The smallest absolute Gasteiger partial charge is 0.313 e. The van der Waals surface area contributed by atoms with E-state index in [1.165, 1.54) is 11.3 Å². The molecule has 1 heterocycles. The summed E-state index contributed by atoms with van der Waals surface area (Å²) < 4.78 is 1.36. The molecule has 0 atom stereocenters. The molecule has 0 saturated carbocycles. The third kappa shape index (κ3) is 2.21. The van der Waals surface area contributed by atoms with Crippen molar-refractivity contribution in [3.8, 4) is 5.75 Å². The molecule has 0 aliphatic carbocycles.